The van der Waals surface area contributed by atoms with Gasteiger partial charge in [-0.15, -0.1) is 0 Å². The van der Waals surface area contributed by atoms with Crippen molar-refractivity contribution in [2.45, 2.75) is 58.5 Å². The molecule has 1 saturated heterocycles. The second-order valence-electron chi connectivity index (χ2n) is 6.97. The fourth-order valence-corrected chi connectivity index (χ4v) is 3.55. The zero-order chi connectivity index (χ0) is 15.2. The largest absolute Gasteiger partial charge is 0.311 e. The van der Waals surface area contributed by atoms with E-state index in [0.29, 0.717) is 23.9 Å². The van der Waals surface area contributed by atoms with Crippen molar-refractivity contribution in [2.75, 3.05) is 19.6 Å². The highest BCUT2D eigenvalue weighted by molar-refractivity contribution is 5.19. The highest BCUT2D eigenvalue weighted by atomic mass is 15.2. The van der Waals surface area contributed by atoms with Crippen molar-refractivity contribution in [3.8, 4) is 0 Å². The van der Waals surface area contributed by atoms with Crippen molar-refractivity contribution < 1.29 is 0 Å². The highest BCUT2D eigenvalue weighted by Gasteiger charge is 2.30. The maximum absolute atomic E-state index is 3.75. The minimum absolute atomic E-state index is 0.604. The summed E-state index contributed by atoms with van der Waals surface area (Å²) in [7, 11) is 0. The van der Waals surface area contributed by atoms with Crippen LogP contribution in [-0.4, -0.2) is 36.6 Å². The molecule has 0 amide bonds. The van der Waals surface area contributed by atoms with Gasteiger partial charge in [0, 0.05) is 31.7 Å². The summed E-state index contributed by atoms with van der Waals surface area (Å²) in [6.45, 7) is 12.9. The summed E-state index contributed by atoms with van der Waals surface area (Å²) in [5.74, 6) is 1.32. The molecular formula is C19H32N2. The van der Waals surface area contributed by atoms with Crippen molar-refractivity contribution in [1.82, 2.24) is 10.2 Å². The van der Waals surface area contributed by atoms with Gasteiger partial charge in [0.1, 0.15) is 0 Å². The number of rotatable bonds is 6. The van der Waals surface area contributed by atoms with E-state index in [1.807, 2.05) is 0 Å². The molecule has 1 aliphatic heterocycles. The minimum Gasteiger partial charge on any atom is -0.311 e. The average Bonchev–Trinajstić information content (AvgIpc) is 2.48. The van der Waals surface area contributed by atoms with Gasteiger partial charge in [0.15, 0.2) is 0 Å². The van der Waals surface area contributed by atoms with Crippen LogP contribution in [0, 0.1) is 5.92 Å². The van der Waals surface area contributed by atoms with Crippen LogP contribution in [0.2, 0.25) is 0 Å². The van der Waals surface area contributed by atoms with Gasteiger partial charge >= 0.3 is 0 Å². The average molecular weight is 288 g/mol. The van der Waals surface area contributed by atoms with Crippen LogP contribution >= 0.6 is 0 Å². The third-order valence-corrected chi connectivity index (χ3v) is 4.82. The highest BCUT2D eigenvalue weighted by Crippen LogP contribution is 2.22. The zero-order valence-corrected chi connectivity index (χ0v) is 14.2. The number of benzene rings is 1. The van der Waals surface area contributed by atoms with Gasteiger partial charge in [0.2, 0.25) is 0 Å². The first-order valence-electron chi connectivity index (χ1n) is 8.64. The molecule has 1 heterocycles. The van der Waals surface area contributed by atoms with Crippen LogP contribution in [0.25, 0.3) is 0 Å². The third-order valence-electron chi connectivity index (χ3n) is 4.82. The molecule has 0 aromatic heterocycles. The number of nitrogens with zero attached hydrogens (tertiary/aromatic N) is 1. The van der Waals surface area contributed by atoms with Gasteiger partial charge < -0.3 is 5.32 Å². The topological polar surface area (TPSA) is 15.3 Å². The molecule has 0 radical (unpaired) electrons. The second kappa shape index (κ2) is 7.95. The molecule has 2 heteroatoms. The fourth-order valence-electron chi connectivity index (χ4n) is 3.55. The summed E-state index contributed by atoms with van der Waals surface area (Å²) >= 11 is 0. The summed E-state index contributed by atoms with van der Waals surface area (Å²) in [6, 6.07) is 12.3. The van der Waals surface area contributed by atoms with Gasteiger partial charge in [-0.05, 0) is 23.8 Å². The molecule has 21 heavy (non-hydrogen) atoms. The zero-order valence-electron chi connectivity index (χ0n) is 14.2. The fraction of sp³-hybridized carbons (Fsp3) is 0.684. The molecule has 3 atom stereocenters. The second-order valence-corrected chi connectivity index (χ2v) is 6.97. The Hall–Kier alpha value is -0.860. The predicted molar refractivity (Wildman–Crippen MR) is 91.8 cm³/mol. The summed E-state index contributed by atoms with van der Waals surface area (Å²) in [5.41, 5.74) is 1.46. The van der Waals surface area contributed by atoms with Crippen LogP contribution in [0.3, 0.4) is 0 Å². The Labute approximate surface area is 130 Å². The predicted octanol–water partition coefficient (Wildman–Crippen LogP) is 3.89. The van der Waals surface area contributed by atoms with Gasteiger partial charge in [-0.3, -0.25) is 4.90 Å². The Morgan fingerprint density at radius 1 is 1.19 bits per heavy atom. The van der Waals surface area contributed by atoms with E-state index in [0.717, 1.165) is 6.54 Å². The molecule has 3 unspecified atom stereocenters. The SMILES string of the molecule is CCCC1CN(CC(C)c2ccccc2)C(C(C)C)CN1. The number of piperazine rings is 1. The quantitative estimate of drug-likeness (QED) is 0.854. The Morgan fingerprint density at radius 2 is 1.90 bits per heavy atom. The molecule has 0 spiro atoms. The van der Waals surface area contributed by atoms with E-state index in [1.54, 1.807) is 0 Å². The van der Waals surface area contributed by atoms with E-state index >= 15 is 0 Å². The summed E-state index contributed by atoms with van der Waals surface area (Å²) < 4.78 is 0. The monoisotopic (exact) mass is 288 g/mol. The van der Waals surface area contributed by atoms with Gasteiger partial charge in [-0.1, -0.05) is 64.4 Å². The molecule has 0 aliphatic carbocycles. The molecule has 0 bridgehead atoms. The lowest BCUT2D eigenvalue weighted by atomic mass is 9.93. The van der Waals surface area contributed by atoms with Gasteiger partial charge in [-0.25, -0.2) is 0 Å². The summed E-state index contributed by atoms with van der Waals surface area (Å²) in [4.78, 5) is 2.74. The van der Waals surface area contributed by atoms with E-state index in [4.69, 9.17) is 0 Å². The molecular weight excluding hydrogens is 256 g/mol. The van der Waals surface area contributed by atoms with E-state index in [-0.39, 0.29) is 0 Å². The first-order chi connectivity index (χ1) is 10.1. The van der Waals surface area contributed by atoms with Crippen molar-refractivity contribution in [3.05, 3.63) is 35.9 Å². The normalized spacial score (nSPS) is 25.2. The van der Waals surface area contributed by atoms with Crippen molar-refractivity contribution in [2.24, 2.45) is 5.92 Å². The first-order valence-corrected chi connectivity index (χ1v) is 8.64. The molecule has 1 aromatic rings. The van der Waals surface area contributed by atoms with Gasteiger partial charge in [0.05, 0.1) is 0 Å². The summed E-state index contributed by atoms with van der Waals surface area (Å²) in [6.07, 6.45) is 2.56. The van der Waals surface area contributed by atoms with Crippen LogP contribution in [0.15, 0.2) is 30.3 Å². The Bertz CT molecular complexity index is 401. The van der Waals surface area contributed by atoms with E-state index in [2.05, 4.69) is 68.2 Å². The van der Waals surface area contributed by atoms with Gasteiger partial charge in [0.25, 0.3) is 0 Å². The van der Waals surface area contributed by atoms with E-state index in [1.165, 1.54) is 31.5 Å². The van der Waals surface area contributed by atoms with E-state index < -0.39 is 0 Å². The van der Waals surface area contributed by atoms with Crippen LogP contribution in [0.5, 0.6) is 0 Å². The van der Waals surface area contributed by atoms with Crippen LogP contribution in [0.1, 0.15) is 52.0 Å². The lowest BCUT2D eigenvalue weighted by Gasteiger charge is -2.43. The molecule has 1 N–H and O–H groups in total. The lowest BCUT2D eigenvalue weighted by Crippen LogP contribution is -2.58. The molecule has 1 aliphatic rings. The smallest absolute Gasteiger partial charge is 0.0244 e. The number of hydrogen-bond acceptors (Lipinski definition) is 2. The molecule has 1 fully saturated rings. The first kappa shape index (κ1) is 16.5. The van der Waals surface area contributed by atoms with Crippen LogP contribution in [-0.2, 0) is 0 Å². The van der Waals surface area contributed by atoms with Crippen LogP contribution < -0.4 is 5.32 Å². The maximum atomic E-state index is 3.75. The Morgan fingerprint density at radius 3 is 2.52 bits per heavy atom. The van der Waals surface area contributed by atoms with Crippen LogP contribution in [0.4, 0.5) is 0 Å². The van der Waals surface area contributed by atoms with E-state index in [9.17, 15) is 0 Å². The summed E-state index contributed by atoms with van der Waals surface area (Å²) in [5, 5.41) is 3.75. The molecule has 118 valence electrons. The molecule has 2 rings (SSSR count). The number of hydrogen-bond donors (Lipinski definition) is 1. The Balaban J connectivity index is 2.02. The third kappa shape index (κ3) is 4.55. The standard InChI is InChI=1S/C19H32N2/c1-5-9-18-14-21(19(12-20-18)15(2)3)13-16(4)17-10-7-6-8-11-17/h6-8,10-11,15-16,18-20H,5,9,12-14H2,1-4H3. The maximum Gasteiger partial charge on any atom is 0.0244 e. The van der Waals surface area contributed by atoms with Crippen molar-refractivity contribution >= 4 is 0 Å². The molecule has 0 saturated carbocycles. The number of nitrogens with one attached hydrogen (secondary N) is 1. The molecule has 2 nitrogen and oxygen atoms in total. The lowest BCUT2D eigenvalue weighted by molar-refractivity contribution is 0.0906. The Kier molecular flexibility index (Phi) is 6.25. The molecule has 1 aromatic carbocycles. The van der Waals surface area contributed by atoms with Crippen molar-refractivity contribution in [3.63, 3.8) is 0 Å². The van der Waals surface area contributed by atoms with Gasteiger partial charge in [-0.2, -0.15) is 0 Å². The van der Waals surface area contributed by atoms with Crippen molar-refractivity contribution in [1.29, 1.82) is 0 Å². The minimum atomic E-state index is 0.604.